The number of pyridine rings is 1. The van der Waals surface area contributed by atoms with E-state index in [9.17, 15) is 14.4 Å². The van der Waals surface area contributed by atoms with Crippen molar-refractivity contribution in [1.29, 1.82) is 0 Å². The van der Waals surface area contributed by atoms with Gasteiger partial charge in [0.15, 0.2) is 0 Å². The molecule has 1 atom stereocenters. The lowest BCUT2D eigenvalue weighted by Crippen LogP contribution is -2.52. The Morgan fingerprint density at radius 3 is 2.61 bits per heavy atom. The fourth-order valence-electron chi connectivity index (χ4n) is 5.20. The van der Waals surface area contributed by atoms with Crippen LogP contribution in [-0.4, -0.2) is 57.7 Å². The number of carbonyl (C=O) groups is 3. The van der Waals surface area contributed by atoms with Crippen molar-refractivity contribution in [3.63, 3.8) is 0 Å². The molecule has 2 N–H and O–H groups in total. The molecular formula is C25H29N5O3. The molecule has 0 spiro atoms. The number of piperidine rings is 2. The van der Waals surface area contributed by atoms with Gasteiger partial charge in [0.1, 0.15) is 6.04 Å². The molecule has 1 aromatic heterocycles. The van der Waals surface area contributed by atoms with E-state index in [0.717, 1.165) is 55.8 Å². The van der Waals surface area contributed by atoms with E-state index >= 15 is 0 Å². The van der Waals surface area contributed by atoms with E-state index in [1.54, 1.807) is 4.90 Å². The highest BCUT2D eigenvalue weighted by Crippen LogP contribution is 2.31. The average Bonchev–Trinajstić information content (AvgIpc) is 3.17. The van der Waals surface area contributed by atoms with Crippen molar-refractivity contribution in [2.24, 2.45) is 0 Å². The second kappa shape index (κ2) is 9.41. The highest BCUT2D eigenvalue weighted by Gasteiger charge is 2.40. The lowest BCUT2D eigenvalue weighted by atomic mass is 9.99. The number of carbonyl (C=O) groups excluding carboxylic acids is 3. The Morgan fingerprint density at radius 1 is 1.00 bits per heavy atom. The van der Waals surface area contributed by atoms with Crippen molar-refractivity contribution >= 4 is 17.7 Å². The van der Waals surface area contributed by atoms with Crippen molar-refractivity contribution in [3.05, 3.63) is 65.0 Å². The zero-order valence-corrected chi connectivity index (χ0v) is 18.6. The molecule has 0 saturated carbocycles. The molecule has 3 aliphatic heterocycles. The Morgan fingerprint density at radius 2 is 1.85 bits per heavy atom. The van der Waals surface area contributed by atoms with Gasteiger partial charge < -0.3 is 10.2 Å². The van der Waals surface area contributed by atoms with Crippen molar-refractivity contribution in [3.8, 4) is 0 Å². The van der Waals surface area contributed by atoms with Gasteiger partial charge in [-0.05, 0) is 61.7 Å². The van der Waals surface area contributed by atoms with Crippen molar-refractivity contribution in [1.82, 2.24) is 25.4 Å². The van der Waals surface area contributed by atoms with E-state index in [0.29, 0.717) is 24.6 Å². The number of imide groups is 1. The molecule has 172 valence electrons. The number of rotatable bonds is 6. The molecule has 8 heteroatoms. The van der Waals surface area contributed by atoms with Crippen LogP contribution in [0.15, 0.2) is 42.6 Å². The predicted octanol–water partition coefficient (Wildman–Crippen LogP) is 1.60. The van der Waals surface area contributed by atoms with Crippen molar-refractivity contribution < 1.29 is 14.4 Å². The van der Waals surface area contributed by atoms with E-state index in [-0.39, 0.29) is 24.1 Å². The van der Waals surface area contributed by atoms with Crippen LogP contribution in [0.2, 0.25) is 0 Å². The first-order chi connectivity index (χ1) is 16.1. The van der Waals surface area contributed by atoms with Gasteiger partial charge in [-0.15, -0.1) is 0 Å². The largest absolute Gasteiger partial charge is 0.322 e. The zero-order chi connectivity index (χ0) is 22.8. The SMILES string of the molecule is O=C1CCC(N2Cc3c(CN(Cc4ccccn4)C4CCNCC4)cccc3C2=O)C(=O)N1. The van der Waals surface area contributed by atoms with Crippen molar-refractivity contribution in [2.45, 2.75) is 57.4 Å². The number of hydrogen-bond donors (Lipinski definition) is 2. The Balaban J connectivity index is 1.39. The average molecular weight is 448 g/mol. The van der Waals surface area contributed by atoms with Crippen LogP contribution in [0.4, 0.5) is 0 Å². The highest BCUT2D eigenvalue weighted by atomic mass is 16.2. The summed E-state index contributed by atoms with van der Waals surface area (Å²) in [4.78, 5) is 45.8. The fraction of sp³-hybridized carbons (Fsp3) is 0.440. The Kier molecular flexibility index (Phi) is 6.20. The van der Waals surface area contributed by atoms with Gasteiger partial charge in [0.25, 0.3) is 5.91 Å². The Bertz CT molecular complexity index is 1050. The smallest absolute Gasteiger partial charge is 0.255 e. The van der Waals surface area contributed by atoms with Gasteiger partial charge >= 0.3 is 0 Å². The van der Waals surface area contributed by atoms with E-state index in [1.165, 1.54) is 0 Å². The summed E-state index contributed by atoms with van der Waals surface area (Å²) < 4.78 is 0. The molecule has 4 heterocycles. The molecule has 0 aliphatic carbocycles. The maximum Gasteiger partial charge on any atom is 0.255 e. The maximum absolute atomic E-state index is 13.2. The van der Waals surface area contributed by atoms with Crippen LogP contribution in [-0.2, 0) is 29.2 Å². The first-order valence-corrected chi connectivity index (χ1v) is 11.7. The fourth-order valence-corrected chi connectivity index (χ4v) is 5.20. The van der Waals surface area contributed by atoms with Crippen molar-refractivity contribution in [2.75, 3.05) is 13.1 Å². The number of aromatic nitrogens is 1. The number of hydrogen-bond acceptors (Lipinski definition) is 6. The molecule has 5 rings (SSSR count). The third-order valence-electron chi connectivity index (χ3n) is 6.97. The lowest BCUT2D eigenvalue weighted by molar-refractivity contribution is -0.136. The summed E-state index contributed by atoms with van der Waals surface area (Å²) in [6.45, 7) is 3.87. The molecule has 2 fully saturated rings. The molecule has 3 aliphatic rings. The van der Waals surface area contributed by atoms with Gasteiger partial charge in [0.2, 0.25) is 11.8 Å². The van der Waals surface area contributed by atoms with Crippen LogP contribution < -0.4 is 10.6 Å². The Hall–Kier alpha value is -3.10. The van der Waals surface area contributed by atoms with Crippen LogP contribution in [0.3, 0.4) is 0 Å². The number of amides is 3. The molecular weight excluding hydrogens is 418 g/mol. The standard InChI is InChI=1S/C25H29N5O3/c31-23-8-7-22(24(32)28-23)30-16-21-17(4-3-6-20(21)25(30)33)14-29(19-9-12-26-13-10-19)15-18-5-1-2-11-27-18/h1-6,11,19,22,26H,7-10,12-16H2,(H,28,31,32). The van der Waals surface area contributed by atoms with Crippen LogP contribution >= 0.6 is 0 Å². The van der Waals surface area contributed by atoms with Gasteiger partial charge in [0, 0.05) is 43.9 Å². The monoisotopic (exact) mass is 447 g/mol. The topological polar surface area (TPSA) is 94.6 Å². The number of nitrogens with zero attached hydrogens (tertiary/aromatic N) is 3. The minimum atomic E-state index is -0.593. The molecule has 3 amide bonds. The number of benzene rings is 1. The normalized spacial score (nSPS) is 21.4. The van der Waals surface area contributed by atoms with Gasteiger partial charge in [-0.3, -0.25) is 29.6 Å². The van der Waals surface area contributed by atoms with Gasteiger partial charge in [0.05, 0.1) is 5.69 Å². The number of nitrogens with one attached hydrogen (secondary N) is 2. The molecule has 33 heavy (non-hydrogen) atoms. The second-order valence-electron chi connectivity index (χ2n) is 9.05. The summed E-state index contributed by atoms with van der Waals surface area (Å²) >= 11 is 0. The van der Waals surface area contributed by atoms with Crippen LogP contribution in [0, 0.1) is 0 Å². The van der Waals surface area contributed by atoms with Gasteiger partial charge in [-0.2, -0.15) is 0 Å². The van der Waals surface area contributed by atoms with E-state index in [1.807, 2.05) is 30.5 Å². The zero-order valence-electron chi connectivity index (χ0n) is 18.6. The molecule has 1 aromatic carbocycles. The maximum atomic E-state index is 13.2. The lowest BCUT2D eigenvalue weighted by Gasteiger charge is -2.35. The molecule has 1 unspecified atom stereocenters. The summed E-state index contributed by atoms with van der Waals surface area (Å²) in [5.74, 6) is -0.770. The molecule has 0 bridgehead atoms. The second-order valence-corrected chi connectivity index (χ2v) is 9.05. The minimum Gasteiger partial charge on any atom is -0.322 e. The van der Waals surface area contributed by atoms with Gasteiger partial charge in [-0.1, -0.05) is 18.2 Å². The van der Waals surface area contributed by atoms with Crippen LogP contribution in [0.5, 0.6) is 0 Å². The summed E-state index contributed by atoms with van der Waals surface area (Å²) in [7, 11) is 0. The third kappa shape index (κ3) is 4.54. The summed E-state index contributed by atoms with van der Waals surface area (Å²) in [6, 6.07) is 11.7. The predicted molar refractivity (Wildman–Crippen MR) is 122 cm³/mol. The summed E-state index contributed by atoms with van der Waals surface area (Å²) in [6.07, 6.45) is 4.61. The summed E-state index contributed by atoms with van der Waals surface area (Å²) in [5.41, 5.74) is 3.81. The molecule has 2 aromatic rings. The molecule has 2 saturated heterocycles. The molecule has 0 radical (unpaired) electrons. The highest BCUT2D eigenvalue weighted by molar-refractivity contribution is 6.05. The van der Waals surface area contributed by atoms with Crippen LogP contribution in [0.1, 0.15) is 52.9 Å². The van der Waals surface area contributed by atoms with Gasteiger partial charge in [-0.25, -0.2) is 0 Å². The van der Waals surface area contributed by atoms with E-state index in [2.05, 4.69) is 32.7 Å². The van der Waals surface area contributed by atoms with E-state index in [4.69, 9.17) is 0 Å². The minimum absolute atomic E-state index is 0.125. The van der Waals surface area contributed by atoms with Crippen LogP contribution in [0.25, 0.3) is 0 Å². The third-order valence-corrected chi connectivity index (χ3v) is 6.97. The number of fused-ring (bicyclic) bond motifs is 1. The Labute approximate surface area is 193 Å². The quantitative estimate of drug-likeness (QED) is 0.654. The first-order valence-electron chi connectivity index (χ1n) is 11.7. The van der Waals surface area contributed by atoms with E-state index < -0.39 is 6.04 Å². The molecule has 8 nitrogen and oxygen atoms in total. The first kappa shape index (κ1) is 21.7. The summed E-state index contributed by atoms with van der Waals surface area (Å²) in [5, 5.41) is 5.82.